The van der Waals surface area contributed by atoms with Crippen molar-refractivity contribution in [3.63, 3.8) is 0 Å². The average molecular weight is 413 g/mol. The SMILES string of the molecule is Cc1nn(C)c(C)c1-c1cc(-c2ccc(N3CCNCC3)nc2)c2c(C#N)cnn2c1. The summed E-state index contributed by atoms with van der Waals surface area (Å²) in [5, 5.41) is 22.0. The average Bonchev–Trinajstić information content (AvgIpc) is 3.33. The fraction of sp³-hybridized carbons (Fsp3) is 0.304. The molecule has 1 N–H and O–H groups in total. The van der Waals surface area contributed by atoms with Crippen LogP contribution in [0.5, 0.6) is 0 Å². The van der Waals surface area contributed by atoms with Crippen molar-refractivity contribution in [3.8, 4) is 28.3 Å². The Morgan fingerprint density at radius 1 is 1.10 bits per heavy atom. The van der Waals surface area contributed by atoms with Crippen LogP contribution in [0.3, 0.4) is 0 Å². The summed E-state index contributed by atoms with van der Waals surface area (Å²) >= 11 is 0. The highest BCUT2D eigenvalue weighted by atomic mass is 15.3. The van der Waals surface area contributed by atoms with Crippen molar-refractivity contribution < 1.29 is 0 Å². The molecular formula is C23H24N8. The molecule has 5 rings (SSSR count). The highest BCUT2D eigenvalue weighted by Crippen LogP contribution is 2.34. The second-order valence-electron chi connectivity index (χ2n) is 7.92. The molecule has 0 amide bonds. The Morgan fingerprint density at radius 2 is 1.90 bits per heavy atom. The number of hydrogen-bond acceptors (Lipinski definition) is 6. The van der Waals surface area contributed by atoms with Crippen molar-refractivity contribution in [1.29, 1.82) is 5.26 Å². The van der Waals surface area contributed by atoms with Gasteiger partial charge in [0.15, 0.2) is 0 Å². The third kappa shape index (κ3) is 3.23. The second-order valence-corrected chi connectivity index (χ2v) is 7.92. The van der Waals surface area contributed by atoms with E-state index in [4.69, 9.17) is 4.98 Å². The Kier molecular flexibility index (Phi) is 4.68. The van der Waals surface area contributed by atoms with Crippen molar-refractivity contribution in [1.82, 2.24) is 29.7 Å². The van der Waals surface area contributed by atoms with Crippen LogP contribution in [-0.2, 0) is 7.05 Å². The molecule has 31 heavy (non-hydrogen) atoms. The van der Waals surface area contributed by atoms with Crippen molar-refractivity contribution >= 4 is 11.3 Å². The predicted molar refractivity (Wildman–Crippen MR) is 120 cm³/mol. The van der Waals surface area contributed by atoms with Crippen LogP contribution in [0.4, 0.5) is 5.82 Å². The monoisotopic (exact) mass is 412 g/mol. The number of aryl methyl sites for hydroxylation is 2. The van der Waals surface area contributed by atoms with Gasteiger partial charge >= 0.3 is 0 Å². The largest absolute Gasteiger partial charge is 0.354 e. The molecular weight excluding hydrogens is 388 g/mol. The molecule has 4 aromatic rings. The minimum absolute atomic E-state index is 0.548. The Labute approximate surface area is 180 Å². The number of nitrogens with zero attached hydrogens (tertiary/aromatic N) is 7. The number of pyridine rings is 2. The first-order valence-corrected chi connectivity index (χ1v) is 10.4. The van der Waals surface area contributed by atoms with Crippen LogP contribution in [0.2, 0.25) is 0 Å². The van der Waals surface area contributed by atoms with Crippen molar-refractivity contribution in [2.45, 2.75) is 13.8 Å². The highest BCUT2D eigenvalue weighted by Gasteiger charge is 2.18. The van der Waals surface area contributed by atoms with E-state index in [0.717, 1.165) is 71.2 Å². The molecule has 1 aliphatic heterocycles. The number of anilines is 1. The lowest BCUT2D eigenvalue weighted by Crippen LogP contribution is -2.43. The summed E-state index contributed by atoms with van der Waals surface area (Å²) < 4.78 is 3.68. The van der Waals surface area contributed by atoms with Gasteiger partial charge in [-0.25, -0.2) is 9.50 Å². The van der Waals surface area contributed by atoms with E-state index in [1.54, 1.807) is 10.7 Å². The molecule has 0 bridgehead atoms. The molecule has 5 heterocycles. The number of aromatic nitrogens is 5. The van der Waals surface area contributed by atoms with E-state index >= 15 is 0 Å². The van der Waals surface area contributed by atoms with Crippen LogP contribution in [0.25, 0.3) is 27.8 Å². The van der Waals surface area contributed by atoms with E-state index in [2.05, 4.69) is 51.6 Å². The molecule has 1 aliphatic rings. The molecule has 0 spiro atoms. The zero-order valence-corrected chi connectivity index (χ0v) is 17.9. The van der Waals surface area contributed by atoms with Gasteiger partial charge in [0.2, 0.25) is 0 Å². The Balaban J connectivity index is 1.66. The lowest BCUT2D eigenvalue weighted by atomic mass is 9.99. The Hall–Kier alpha value is -3.70. The van der Waals surface area contributed by atoms with Gasteiger partial charge in [0.1, 0.15) is 11.9 Å². The van der Waals surface area contributed by atoms with Crippen LogP contribution in [0, 0.1) is 25.2 Å². The molecule has 0 atom stereocenters. The van der Waals surface area contributed by atoms with Gasteiger partial charge in [0.25, 0.3) is 0 Å². The Bertz CT molecular complexity index is 1300. The van der Waals surface area contributed by atoms with Gasteiger partial charge in [-0.1, -0.05) is 0 Å². The van der Waals surface area contributed by atoms with Crippen molar-refractivity contribution in [2.75, 3.05) is 31.1 Å². The minimum atomic E-state index is 0.548. The van der Waals surface area contributed by atoms with Crippen molar-refractivity contribution in [2.24, 2.45) is 7.05 Å². The topological polar surface area (TPSA) is 87.1 Å². The van der Waals surface area contributed by atoms with Gasteiger partial charge in [-0.05, 0) is 32.0 Å². The van der Waals surface area contributed by atoms with Crippen LogP contribution < -0.4 is 10.2 Å². The normalized spacial score (nSPS) is 14.2. The van der Waals surface area contributed by atoms with Gasteiger partial charge in [0.05, 0.1) is 23.0 Å². The molecule has 0 saturated carbocycles. The van der Waals surface area contributed by atoms with E-state index < -0.39 is 0 Å². The summed E-state index contributed by atoms with van der Waals surface area (Å²) in [6, 6.07) is 8.54. The van der Waals surface area contributed by atoms with E-state index in [1.807, 2.05) is 31.0 Å². The van der Waals surface area contributed by atoms with Gasteiger partial charge in [-0.15, -0.1) is 0 Å². The molecule has 8 nitrogen and oxygen atoms in total. The molecule has 8 heteroatoms. The summed E-state index contributed by atoms with van der Waals surface area (Å²) in [5.74, 6) is 0.977. The molecule has 156 valence electrons. The molecule has 4 aromatic heterocycles. The Morgan fingerprint density at radius 3 is 2.55 bits per heavy atom. The van der Waals surface area contributed by atoms with Gasteiger partial charge in [0, 0.05) is 73.6 Å². The molecule has 1 fully saturated rings. The van der Waals surface area contributed by atoms with E-state index in [-0.39, 0.29) is 0 Å². The summed E-state index contributed by atoms with van der Waals surface area (Å²) in [5.41, 5.74) is 7.40. The van der Waals surface area contributed by atoms with Gasteiger partial charge < -0.3 is 10.2 Å². The van der Waals surface area contributed by atoms with E-state index in [0.29, 0.717) is 5.56 Å². The van der Waals surface area contributed by atoms with Crippen molar-refractivity contribution in [3.05, 3.63) is 53.7 Å². The lowest BCUT2D eigenvalue weighted by Gasteiger charge is -2.28. The molecule has 0 aliphatic carbocycles. The lowest BCUT2D eigenvalue weighted by molar-refractivity contribution is 0.585. The summed E-state index contributed by atoms with van der Waals surface area (Å²) in [6.45, 7) is 7.92. The van der Waals surface area contributed by atoms with Crippen LogP contribution in [0.1, 0.15) is 17.0 Å². The number of nitrogens with one attached hydrogen (secondary N) is 1. The number of nitriles is 1. The third-order valence-electron chi connectivity index (χ3n) is 6.03. The fourth-order valence-electron chi connectivity index (χ4n) is 4.38. The number of hydrogen-bond donors (Lipinski definition) is 1. The minimum Gasteiger partial charge on any atom is -0.354 e. The first-order chi connectivity index (χ1) is 15.1. The highest BCUT2D eigenvalue weighted by molar-refractivity contribution is 5.88. The zero-order valence-electron chi connectivity index (χ0n) is 17.9. The summed E-state index contributed by atoms with van der Waals surface area (Å²) in [6.07, 6.45) is 5.49. The fourth-order valence-corrected chi connectivity index (χ4v) is 4.38. The van der Waals surface area contributed by atoms with E-state index in [1.165, 1.54) is 0 Å². The quantitative estimate of drug-likeness (QED) is 0.557. The number of rotatable bonds is 3. The van der Waals surface area contributed by atoms with Crippen LogP contribution in [0.15, 0.2) is 36.8 Å². The first kappa shape index (κ1) is 19.3. The maximum atomic E-state index is 9.64. The van der Waals surface area contributed by atoms with E-state index in [9.17, 15) is 5.26 Å². The standard InChI is InChI=1S/C23H24N8/c1-15-22(16(2)29(3)28-15)18-10-20(23-19(11-24)13-27-31(23)14-18)17-4-5-21(26-12-17)30-8-6-25-7-9-30/h4-5,10,12-14,25H,6-9H2,1-3H3. The summed E-state index contributed by atoms with van der Waals surface area (Å²) in [4.78, 5) is 7.02. The predicted octanol–water partition coefficient (Wildman–Crippen LogP) is 2.69. The van der Waals surface area contributed by atoms with Gasteiger partial charge in [-0.2, -0.15) is 15.5 Å². The smallest absolute Gasteiger partial charge is 0.128 e. The molecule has 0 unspecified atom stereocenters. The molecule has 1 saturated heterocycles. The zero-order chi connectivity index (χ0) is 21.5. The summed E-state index contributed by atoms with van der Waals surface area (Å²) in [7, 11) is 1.95. The maximum Gasteiger partial charge on any atom is 0.128 e. The maximum absolute atomic E-state index is 9.64. The molecule has 0 aromatic carbocycles. The number of piperazine rings is 1. The third-order valence-corrected chi connectivity index (χ3v) is 6.03. The number of fused-ring (bicyclic) bond motifs is 1. The van der Waals surface area contributed by atoms with Crippen LogP contribution >= 0.6 is 0 Å². The van der Waals surface area contributed by atoms with Crippen LogP contribution in [-0.4, -0.2) is 50.6 Å². The molecule has 0 radical (unpaired) electrons. The first-order valence-electron chi connectivity index (χ1n) is 10.4. The van der Waals surface area contributed by atoms with Gasteiger partial charge in [-0.3, -0.25) is 4.68 Å². The second kappa shape index (κ2) is 7.52.